The molecule has 0 amide bonds. The van der Waals surface area contributed by atoms with Gasteiger partial charge in [0.05, 0.1) is 27.7 Å². The van der Waals surface area contributed by atoms with Gasteiger partial charge in [0.25, 0.3) is 7.82 Å². The van der Waals surface area contributed by atoms with Gasteiger partial charge in [-0.25, -0.2) is 0 Å². The summed E-state index contributed by atoms with van der Waals surface area (Å²) >= 11 is 0. The summed E-state index contributed by atoms with van der Waals surface area (Å²) < 4.78 is 34.2. The fourth-order valence-electron chi connectivity index (χ4n) is 8.95. The van der Waals surface area contributed by atoms with Gasteiger partial charge in [0.2, 0.25) is 0 Å². The maximum absolute atomic E-state index is 12.8. The summed E-state index contributed by atoms with van der Waals surface area (Å²) in [6.45, 7) is 4.10. The van der Waals surface area contributed by atoms with E-state index in [1.54, 1.807) is 0 Å². The third kappa shape index (κ3) is 62.4. The highest BCUT2D eigenvalue weighted by Gasteiger charge is 2.22. The molecule has 2 atom stereocenters. The fraction of sp³-hybridized carbons (Fsp3) is 0.765. The Labute approximate surface area is 481 Å². The van der Waals surface area contributed by atoms with E-state index in [0.717, 1.165) is 89.9 Å². The van der Waals surface area contributed by atoms with Crippen molar-refractivity contribution in [2.45, 2.75) is 290 Å². The normalized spacial score (nSPS) is 13.8. The molecule has 0 saturated heterocycles. The van der Waals surface area contributed by atoms with Gasteiger partial charge >= 0.3 is 11.9 Å². The lowest BCUT2D eigenvalue weighted by Crippen LogP contribution is -2.37. The number of carbonyl (C=O) groups excluding carboxylic acids is 2. The first-order chi connectivity index (χ1) is 38.0. The quantitative estimate of drug-likeness (QED) is 0.0195. The van der Waals surface area contributed by atoms with E-state index < -0.39 is 32.5 Å². The molecule has 10 heteroatoms. The van der Waals surface area contributed by atoms with Gasteiger partial charge in [0, 0.05) is 12.8 Å². The SMILES string of the molecule is CC/C=C\C/C=C\C/C=C\C/C=C\C/C=C\CCCCCCCCCCCCCCCCCCCCCCCCCC(=O)OC(COC(=O)CCCCCCC/C=C\C/C=C\CCCCC)COP(=O)([O-])OCC[N+](C)(C)C. The number of hydrogen-bond acceptors (Lipinski definition) is 8. The first kappa shape index (κ1) is 75.2. The Morgan fingerprint density at radius 1 is 0.410 bits per heavy atom. The number of hydrogen-bond donors (Lipinski definition) is 0. The van der Waals surface area contributed by atoms with Crippen LogP contribution in [0.3, 0.4) is 0 Å². The molecule has 452 valence electrons. The minimum absolute atomic E-state index is 0.0338. The number of unbranched alkanes of at least 4 members (excludes halogenated alkanes) is 31. The summed E-state index contributed by atoms with van der Waals surface area (Å²) in [6.07, 6.45) is 79.5. The summed E-state index contributed by atoms with van der Waals surface area (Å²) in [5, 5.41) is 0. The van der Waals surface area contributed by atoms with Gasteiger partial charge in [-0.3, -0.25) is 14.2 Å². The number of esters is 2. The molecule has 0 spiro atoms. The predicted molar refractivity (Wildman–Crippen MR) is 332 cm³/mol. The third-order valence-corrected chi connectivity index (χ3v) is 14.9. The highest BCUT2D eigenvalue weighted by Crippen LogP contribution is 2.38. The first-order valence-corrected chi connectivity index (χ1v) is 33.8. The number of phosphoric acid groups is 1. The molecule has 78 heavy (non-hydrogen) atoms. The maximum Gasteiger partial charge on any atom is 0.306 e. The second kappa shape index (κ2) is 58.8. The highest BCUT2D eigenvalue weighted by molar-refractivity contribution is 7.45. The number of quaternary nitrogens is 1. The van der Waals surface area contributed by atoms with Crippen LogP contribution in [-0.4, -0.2) is 70.0 Å². The second-order valence-corrected chi connectivity index (χ2v) is 24.2. The molecule has 0 rings (SSSR count). The molecule has 0 N–H and O–H groups in total. The number of nitrogens with zero attached hydrogens (tertiary/aromatic N) is 1. The van der Waals surface area contributed by atoms with Gasteiger partial charge in [-0.15, -0.1) is 0 Å². The van der Waals surface area contributed by atoms with E-state index in [4.69, 9.17) is 18.5 Å². The molecule has 0 bridgehead atoms. The second-order valence-electron chi connectivity index (χ2n) is 22.7. The molecule has 9 nitrogen and oxygen atoms in total. The maximum atomic E-state index is 12.8. The number of rotatable bonds is 59. The fourth-order valence-corrected chi connectivity index (χ4v) is 9.68. The molecule has 0 fully saturated rings. The van der Waals surface area contributed by atoms with Crippen LogP contribution in [0, 0.1) is 0 Å². The van der Waals surface area contributed by atoms with Crippen molar-refractivity contribution in [3.05, 3.63) is 85.1 Å². The smallest absolute Gasteiger partial charge is 0.306 e. The van der Waals surface area contributed by atoms with Crippen LogP contribution in [0.4, 0.5) is 0 Å². The zero-order chi connectivity index (χ0) is 57.0. The Morgan fingerprint density at radius 2 is 0.731 bits per heavy atom. The molecule has 0 aliphatic carbocycles. The molecule has 0 aliphatic rings. The highest BCUT2D eigenvalue weighted by atomic mass is 31.2. The molecule has 0 aromatic carbocycles. The summed E-state index contributed by atoms with van der Waals surface area (Å²) in [4.78, 5) is 37.9. The summed E-state index contributed by atoms with van der Waals surface area (Å²) in [6, 6.07) is 0. The van der Waals surface area contributed by atoms with E-state index in [0.29, 0.717) is 23.9 Å². The lowest BCUT2D eigenvalue weighted by Gasteiger charge is -2.28. The molecular formula is C68H122NO8P. The summed E-state index contributed by atoms with van der Waals surface area (Å²) in [5.41, 5.74) is 0. The van der Waals surface area contributed by atoms with Crippen molar-refractivity contribution in [2.75, 3.05) is 47.5 Å². The molecule has 2 unspecified atom stereocenters. The van der Waals surface area contributed by atoms with Crippen molar-refractivity contribution in [1.29, 1.82) is 0 Å². The Bertz CT molecular complexity index is 1590. The van der Waals surface area contributed by atoms with Gasteiger partial charge in [-0.2, -0.15) is 0 Å². The molecule has 0 aromatic heterocycles. The van der Waals surface area contributed by atoms with Crippen molar-refractivity contribution < 1.29 is 42.1 Å². The van der Waals surface area contributed by atoms with E-state index >= 15 is 0 Å². The predicted octanol–water partition coefficient (Wildman–Crippen LogP) is 20.0. The van der Waals surface area contributed by atoms with E-state index in [9.17, 15) is 19.0 Å². The van der Waals surface area contributed by atoms with Crippen LogP contribution in [0.25, 0.3) is 0 Å². The lowest BCUT2D eigenvalue weighted by molar-refractivity contribution is -0.870. The van der Waals surface area contributed by atoms with Gasteiger partial charge in [-0.1, -0.05) is 266 Å². The van der Waals surface area contributed by atoms with Crippen LogP contribution >= 0.6 is 7.82 Å². The van der Waals surface area contributed by atoms with Crippen LogP contribution in [-0.2, 0) is 32.7 Å². The van der Waals surface area contributed by atoms with E-state index in [-0.39, 0.29) is 26.1 Å². The van der Waals surface area contributed by atoms with Gasteiger partial charge in [0.1, 0.15) is 19.8 Å². The van der Waals surface area contributed by atoms with E-state index in [1.165, 1.54) is 154 Å². The minimum atomic E-state index is -4.64. The summed E-state index contributed by atoms with van der Waals surface area (Å²) in [7, 11) is 1.16. The average Bonchev–Trinajstić information content (AvgIpc) is 3.41. The van der Waals surface area contributed by atoms with Crippen molar-refractivity contribution in [2.24, 2.45) is 0 Å². The largest absolute Gasteiger partial charge is 0.756 e. The van der Waals surface area contributed by atoms with E-state index in [2.05, 4.69) is 98.9 Å². The Balaban J connectivity index is 3.93. The standard InChI is InChI=1S/C68H122NO8P/c1-6-8-10-12-14-16-18-20-22-23-24-25-26-27-28-29-30-31-32-33-34-35-36-37-38-39-40-41-42-43-44-45-47-49-51-53-55-57-59-61-68(71)77-66(65-76-78(72,73)75-63-62-69(3,4)5)64-74-67(70)60-58-56-54-52-50-48-46-21-19-17-15-13-11-9-7-2/h8,10,14-17,20-22,24-25,27-28,46,66H,6-7,9,11-13,18-19,23,26,29-45,47-65H2,1-5H3/b10-8-,16-14-,17-15-,22-20-,25-24-,28-27-,46-21-. The average molecular weight is 1110 g/mol. The van der Waals surface area contributed by atoms with Gasteiger partial charge < -0.3 is 27.9 Å². The summed E-state index contributed by atoms with van der Waals surface area (Å²) in [5.74, 6) is -0.842. The Kier molecular flexibility index (Phi) is 56.7. The topological polar surface area (TPSA) is 111 Å². The lowest BCUT2D eigenvalue weighted by atomic mass is 10.0. The zero-order valence-electron chi connectivity index (χ0n) is 51.3. The number of ether oxygens (including phenoxy) is 2. The molecule has 0 aliphatic heterocycles. The number of allylic oxidation sites excluding steroid dienone is 14. The van der Waals surface area contributed by atoms with Gasteiger partial charge in [0.15, 0.2) is 6.10 Å². The minimum Gasteiger partial charge on any atom is -0.756 e. The van der Waals surface area contributed by atoms with Crippen LogP contribution in [0.5, 0.6) is 0 Å². The van der Waals surface area contributed by atoms with Crippen LogP contribution in [0.1, 0.15) is 284 Å². The first-order valence-electron chi connectivity index (χ1n) is 32.3. The Morgan fingerprint density at radius 3 is 1.09 bits per heavy atom. The third-order valence-electron chi connectivity index (χ3n) is 13.9. The van der Waals surface area contributed by atoms with Crippen molar-refractivity contribution in [3.8, 4) is 0 Å². The molecular weight excluding hydrogens is 990 g/mol. The number of phosphoric ester groups is 1. The molecule has 0 aromatic rings. The van der Waals surface area contributed by atoms with Crippen molar-refractivity contribution in [1.82, 2.24) is 0 Å². The van der Waals surface area contributed by atoms with Gasteiger partial charge in [-0.05, 0) is 89.9 Å². The Hall–Kier alpha value is -2.81. The molecule has 0 radical (unpaired) electrons. The van der Waals surface area contributed by atoms with Crippen LogP contribution < -0.4 is 4.89 Å². The molecule has 0 saturated carbocycles. The monoisotopic (exact) mass is 1110 g/mol. The molecule has 0 heterocycles. The van der Waals surface area contributed by atoms with Crippen LogP contribution in [0.15, 0.2) is 85.1 Å². The number of carbonyl (C=O) groups is 2. The number of likely N-dealkylation sites (N-methyl/N-ethyl adjacent to an activating group) is 1. The van der Waals surface area contributed by atoms with Crippen molar-refractivity contribution in [3.63, 3.8) is 0 Å². The van der Waals surface area contributed by atoms with Crippen molar-refractivity contribution >= 4 is 19.8 Å². The van der Waals surface area contributed by atoms with E-state index in [1.807, 2.05) is 21.1 Å². The zero-order valence-corrected chi connectivity index (χ0v) is 52.2. The van der Waals surface area contributed by atoms with Crippen LogP contribution in [0.2, 0.25) is 0 Å².